The molecule has 0 atom stereocenters. The highest BCUT2D eigenvalue weighted by Gasteiger charge is 2.01. The number of unbranched alkanes of at least 4 members (excludes halogenated alkanes) is 1. The second kappa shape index (κ2) is 9.34. The fourth-order valence-electron chi connectivity index (χ4n) is 1.83. The van der Waals surface area contributed by atoms with Crippen LogP contribution in [0, 0.1) is 5.92 Å². The number of guanidine groups is 1. The lowest BCUT2D eigenvalue weighted by Crippen LogP contribution is -2.37. The lowest BCUT2D eigenvalue weighted by molar-refractivity contribution is 0.534. The van der Waals surface area contributed by atoms with Gasteiger partial charge in [0.15, 0.2) is 11.8 Å². The van der Waals surface area contributed by atoms with Crippen molar-refractivity contribution >= 4 is 5.96 Å². The first-order valence-corrected chi connectivity index (χ1v) is 7.48. The van der Waals surface area contributed by atoms with Crippen LogP contribution >= 0.6 is 0 Å². The second-order valence-electron chi connectivity index (χ2n) is 5.37. The highest BCUT2D eigenvalue weighted by atomic mass is 15.3. The van der Waals surface area contributed by atoms with Gasteiger partial charge in [0.05, 0.1) is 0 Å². The van der Waals surface area contributed by atoms with Crippen molar-refractivity contribution in [2.24, 2.45) is 18.0 Å². The monoisotopic (exact) mass is 280 g/mol. The molecule has 1 aromatic rings. The maximum atomic E-state index is 4.52. The lowest BCUT2D eigenvalue weighted by atomic mass is 10.1. The van der Waals surface area contributed by atoms with E-state index in [1.165, 1.54) is 19.3 Å². The number of aliphatic imine (C=N–C) groups is 1. The average molecular weight is 280 g/mol. The minimum absolute atomic E-state index is 0.540. The fraction of sp³-hybridized carbons (Fsp3) is 0.786. The molecular weight excluding hydrogens is 252 g/mol. The summed E-state index contributed by atoms with van der Waals surface area (Å²) in [5.41, 5.74) is 0. The van der Waals surface area contributed by atoms with Gasteiger partial charge in [0.2, 0.25) is 0 Å². The van der Waals surface area contributed by atoms with Crippen LogP contribution in [0.3, 0.4) is 0 Å². The van der Waals surface area contributed by atoms with Crippen molar-refractivity contribution in [3.63, 3.8) is 0 Å². The van der Waals surface area contributed by atoms with Crippen LogP contribution in [-0.2, 0) is 13.6 Å². The molecular formula is C14H28N6. The van der Waals surface area contributed by atoms with Crippen LogP contribution in [0.15, 0.2) is 11.3 Å². The molecule has 1 rings (SSSR count). The van der Waals surface area contributed by atoms with E-state index in [2.05, 4.69) is 46.6 Å². The van der Waals surface area contributed by atoms with Crippen molar-refractivity contribution in [3.8, 4) is 0 Å². The van der Waals surface area contributed by atoms with Crippen LogP contribution < -0.4 is 10.6 Å². The van der Waals surface area contributed by atoms with Gasteiger partial charge in [-0.05, 0) is 19.3 Å². The molecule has 0 aliphatic heterocycles. The smallest absolute Gasteiger partial charge is 0.191 e. The Bertz CT molecular complexity index is 396. The zero-order valence-electron chi connectivity index (χ0n) is 13.2. The number of rotatable bonds is 8. The van der Waals surface area contributed by atoms with Crippen LogP contribution in [-0.4, -0.2) is 33.8 Å². The molecule has 0 bridgehead atoms. The molecule has 2 N–H and O–H groups in total. The van der Waals surface area contributed by atoms with Gasteiger partial charge >= 0.3 is 0 Å². The Hall–Kier alpha value is -1.59. The second-order valence-corrected chi connectivity index (χ2v) is 5.37. The molecule has 0 saturated carbocycles. The molecule has 1 aromatic heterocycles. The number of hydrogen-bond donors (Lipinski definition) is 2. The van der Waals surface area contributed by atoms with Crippen molar-refractivity contribution in [2.75, 3.05) is 13.1 Å². The molecule has 0 aromatic carbocycles. The fourth-order valence-corrected chi connectivity index (χ4v) is 1.83. The molecule has 0 fully saturated rings. The summed E-state index contributed by atoms with van der Waals surface area (Å²) in [6.07, 6.45) is 5.41. The van der Waals surface area contributed by atoms with Gasteiger partial charge in [0.25, 0.3) is 0 Å². The van der Waals surface area contributed by atoms with E-state index < -0.39 is 0 Å². The van der Waals surface area contributed by atoms with Gasteiger partial charge in [0.1, 0.15) is 12.9 Å². The molecule has 6 nitrogen and oxygen atoms in total. The van der Waals surface area contributed by atoms with Crippen LogP contribution in [0.1, 0.15) is 45.9 Å². The van der Waals surface area contributed by atoms with Gasteiger partial charge in [-0.2, -0.15) is 0 Å². The summed E-state index contributed by atoms with van der Waals surface area (Å²) < 4.78 is 1.88. The Balaban J connectivity index is 2.34. The van der Waals surface area contributed by atoms with E-state index in [-0.39, 0.29) is 0 Å². The van der Waals surface area contributed by atoms with Crippen molar-refractivity contribution in [1.29, 1.82) is 0 Å². The van der Waals surface area contributed by atoms with Crippen molar-refractivity contribution in [1.82, 2.24) is 25.4 Å². The minimum atomic E-state index is 0.540. The molecule has 20 heavy (non-hydrogen) atoms. The zero-order chi connectivity index (χ0) is 14.8. The van der Waals surface area contributed by atoms with Gasteiger partial charge in [-0.3, -0.25) is 0 Å². The molecule has 0 spiro atoms. The number of aromatic nitrogens is 3. The van der Waals surface area contributed by atoms with Gasteiger partial charge in [-0.25, -0.2) is 4.99 Å². The Morgan fingerprint density at radius 2 is 2.15 bits per heavy atom. The van der Waals surface area contributed by atoms with E-state index in [1.54, 1.807) is 6.33 Å². The maximum Gasteiger partial charge on any atom is 0.191 e. The third kappa shape index (κ3) is 6.54. The summed E-state index contributed by atoms with van der Waals surface area (Å²) in [4.78, 5) is 4.52. The summed E-state index contributed by atoms with van der Waals surface area (Å²) in [6.45, 7) is 8.95. The molecule has 0 saturated heterocycles. The summed E-state index contributed by atoms with van der Waals surface area (Å²) in [5.74, 6) is 2.50. The van der Waals surface area contributed by atoms with Crippen LogP contribution in [0.4, 0.5) is 0 Å². The summed E-state index contributed by atoms with van der Waals surface area (Å²) in [7, 11) is 1.93. The summed E-state index contributed by atoms with van der Waals surface area (Å²) in [5, 5.41) is 14.5. The topological polar surface area (TPSA) is 67.1 Å². The van der Waals surface area contributed by atoms with E-state index in [4.69, 9.17) is 0 Å². The molecule has 0 radical (unpaired) electrons. The molecule has 0 aliphatic carbocycles. The minimum Gasteiger partial charge on any atom is -0.357 e. The molecule has 0 aliphatic rings. The average Bonchev–Trinajstić information content (AvgIpc) is 2.80. The Kier molecular flexibility index (Phi) is 7.69. The first-order chi connectivity index (χ1) is 9.63. The van der Waals surface area contributed by atoms with Crippen LogP contribution in [0.5, 0.6) is 0 Å². The summed E-state index contributed by atoms with van der Waals surface area (Å²) in [6, 6.07) is 0. The quantitative estimate of drug-likeness (QED) is 0.432. The van der Waals surface area contributed by atoms with Gasteiger partial charge in [-0.15, -0.1) is 10.2 Å². The van der Waals surface area contributed by atoms with E-state index in [9.17, 15) is 0 Å². The molecule has 0 unspecified atom stereocenters. The predicted molar refractivity (Wildman–Crippen MR) is 82.5 cm³/mol. The van der Waals surface area contributed by atoms with Crippen molar-refractivity contribution < 1.29 is 0 Å². The molecule has 6 heteroatoms. The first-order valence-electron chi connectivity index (χ1n) is 7.48. The summed E-state index contributed by atoms with van der Waals surface area (Å²) >= 11 is 0. The zero-order valence-corrected chi connectivity index (χ0v) is 13.2. The van der Waals surface area contributed by atoms with Crippen molar-refractivity contribution in [3.05, 3.63) is 12.2 Å². The van der Waals surface area contributed by atoms with E-state index in [0.29, 0.717) is 6.54 Å². The highest BCUT2D eigenvalue weighted by Crippen LogP contribution is 2.05. The first kappa shape index (κ1) is 16.5. The van der Waals surface area contributed by atoms with Gasteiger partial charge < -0.3 is 15.2 Å². The number of hydrogen-bond acceptors (Lipinski definition) is 3. The maximum absolute atomic E-state index is 4.52. The Labute approximate surface area is 122 Å². The third-order valence-corrected chi connectivity index (χ3v) is 3.03. The Morgan fingerprint density at radius 3 is 2.75 bits per heavy atom. The van der Waals surface area contributed by atoms with E-state index >= 15 is 0 Å². The van der Waals surface area contributed by atoms with Gasteiger partial charge in [-0.1, -0.05) is 26.7 Å². The van der Waals surface area contributed by atoms with Gasteiger partial charge in [0, 0.05) is 20.1 Å². The number of nitrogens with zero attached hydrogens (tertiary/aromatic N) is 4. The largest absolute Gasteiger partial charge is 0.357 e. The number of aryl methyl sites for hydroxylation is 1. The molecule has 0 amide bonds. The van der Waals surface area contributed by atoms with Crippen LogP contribution in [0.2, 0.25) is 0 Å². The molecule has 1 heterocycles. The normalized spacial score (nSPS) is 11.9. The third-order valence-electron chi connectivity index (χ3n) is 3.03. The van der Waals surface area contributed by atoms with Crippen LogP contribution in [0.25, 0.3) is 0 Å². The lowest BCUT2D eigenvalue weighted by Gasteiger charge is -2.11. The SMILES string of the molecule is CCNC(=NCc1nncn1C)NCCCCC(C)C. The predicted octanol–water partition coefficient (Wildman–Crippen LogP) is 1.70. The van der Waals surface area contributed by atoms with E-state index in [0.717, 1.165) is 30.8 Å². The van der Waals surface area contributed by atoms with E-state index in [1.807, 2.05) is 11.6 Å². The van der Waals surface area contributed by atoms with Crippen molar-refractivity contribution in [2.45, 2.75) is 46.6 Å². The standard InChI is InChI=1S/C14H28N6/c1-5-15-14(16-9-7-6-8-12(2)3)17-10-13-19-18-11-20(13)4/h11-12H,5-10H2,1-4H3,(H2,15,16,17). The molecule has 114 valence electrons. The Morgan fingerprint density at radius 1 is 1.35 bits per heavy atom. The highest BCUT2D eigenvalue weighted by molar-refractivity contribution is 5.79. The number of nitrogens with one attached hydrogen (secondary N) is 2.